The average molecular weight is 404 g/mol. The molecule has 0 aliphatic carbocycles. The number of aromatic nitrogens is 4. The zero-order valence-electron chi connectivity index (χ0n) is 16.3. The van der Waals surface area contributed by atoms with Crippen LogP contribution in [0.4, 0.5) is 0 Å². The summed E-state index contributed by atoms with van der Waals surface area (Å²) in [5.74, 6) is -0.816. The second-order valence-corrected chi connectivity index (χ2v) is 8.10. The van der Waals surface area contributed by atoms with Crippen molar-refractivity contribution in [2.75, 3.05) is 0 Å². The number of aromatic carboxylic acids is 1. The van der Waals surface area contributed by atoms with Crippen LogP contribution in [-0.2, 0) is 0 Å². The molecule has 0 saturated carbocycles. The molecule has 1 N–H and O–H groups in total. The fourth-order valence-electron chi connectivity index (χ4n) is 3.21. The maximum absolute atomic E-state index is 11.6. The van der Waals surface area contributed by atoms with Crippen molar-refractivity contribution in [2.24, 2.45) is 0 Å². The molecule has 2 heterocycles. The van der Waals surface area contributed by atoms with Gasteiger partial charge in [0, 0.05) is 11.6 Å². The second-order valence-electron chi connectivity index (χ2n) is 7.13. The molecule has 2 aromatic heterocycles. The van der Waals surface area contributed by atoms with Crippen molar-refractivity contribution >= 4 is 17.3 Å². The number of carbonyl (C=O) groups is 1. The van der Waals surface area contributed by atoms with Crippen LogP contribution in [0.2, 0.25) is 0 Å². The molecule has 29 heavy (non-hydrogen) atoms. The van der Waals surface area contributed by atoms with Crippen molar-refractivity contribution in [3.05, 3.63) is 71.4 Å². The Balaban J connectivity index is 1.86. The van der Waals surface area contributed by atoms with Gasteiger partial charge < -0.3 is 5.11 Å². The number of hydrogen-bond donors (Lipinski definition) is 1. The third-order valence-corrected chi connectivity index (χ3v) is 5.62. The van der Waals surface area contributed by atoms with Crippen LogP contribution in [0.3, 0.4) is 0 Å². The third kappa shape index (κ3) is 3.69. The first-order valence-corrected chi connectivity index (χ1v) is 10.1. The quantitative estimate of drug-likeness (QED) is 0.495. The van der Waals surface area contributed by atoms with Crippen molar-refractivity contribution in [1.82, 2.24) is 20.0 Å². The van der Waals surface area contributed by atoms with E-state index in [2.05, 4.69) is 35.2 Å². The maximum Gasteiger partial charge on any atom is 0.356 e. The summed E-state index contributed by atoms with van der Waals surface area (Å²) < 4.78 is 1.67. The normalized spacial score (nSPS) is 11.2. The van der Waals surface area contributed by atoms with Gasteiger partial charge in [0.2, 0.25) is 0 Å². The summed E-state index contributed by atoms with van der Waals surface area (Å²) in [6.45, 7) is 6.23. The van der Waals surface area contributed by atoms with Crippen molar-refractivity contribution < 1.29 is 9.90 Å². The number of para-hydroxylation sites is 1. The molecule has 0 aliphatic rings. The molecule has 0 unspecified atom stereocenters. The van der Waals surface area contributed by atoms with E-state index in [1.54, 1.807) is 10.7 Å². The minimum Gasteiger partial charge on any atom is -0.476 e. The van der Waals surface area contributed by atoms with E-state index >= 15 is 0 Å². The van der Waals surface area contributed by atoms with Crippen LogP contribution >= 0.6 is 11.3 Å². The van der Waals surface area contributed by atoms with Gasteiger partial charge in [0.05, 0.1) is 5.69 Å². The Morgan fingerprint density at radius 2 is 1.79 bits per heavy atom. The van der Waals surface area contributed by atoms with Crippen LogP contribution < -0.4 is 0 Å². The predicted molar refractivity (Wildman–Crippen MR) is 114 cm³/mol. The van der Waals surface area contributed by atoms with Crippen LogP contribution in [0, 0.1) is 6.92 Å². The molecule has 4 aromatic rings. The van der Waals surface area contributed by atoms with Gasteiger partial charge in [0.15, 0.2) is 10.7 Å². The summed E-state index contributed by atoms with van der Waals surface area (Å²) in [5.41, 5.74) is 4.65. The van der Waals surface area contributed by atoms with Crippen LogP contribution in [0.1, 0.15) is 41.4 Å². The van der Waals surface area contributed by atoms with Crippen molar-refractivity contribution in [2.45, 2.75) is 26.7 Å². The Bertz CT molecular complexity index is 1190. The van der Waals surface area contributed by atoms with Gasteiger partial charge in [0.25, 0.3) is 0 Å². The summed E-state index contributed by atoms with van der Waals surface area (Å²) in [4.78, 5) is 11.6. The lowest BCUT2D eigenvalue weighted by atomic mass is 10.0. The molecule has 0 saturated heterocycles. The number of carboxylic acid groups (broad SMARTS) is 1. The molecule has 0 fully saturated rings. The van der Waals surface area contributed by atoms with Gasteiger partial charge in [-0.2, -0.15) is 5.10 Å². The fourth-order valence-corrected chi connectivity index (χ4v) is 4.05. The van der Waals surface area contributed by atoms with Gasteiger partial charge in [-0.05, 0) is 30.5 Å². The predicted octanol–water partition coefficient (Wildman–Crippen LogP) is 5.19. The number of aryl methyl sites for hydroxylation is 1. The van der Waals surface area contributed by atoms with Gasteiger partial charge in [-0.25, -0.2) is 9.48 Å². The van der Waals surface area contributed by atoms with E-state index in [4.69, 9.17) is 0 Å². The summed E-state index contributed by atoms with van der Waals surface area (Å²) in [5, 5.41) is 23.9. The largest absolute Gasteiger partial charge is 0.476 e. The number of hydrogen-bond acceptors (Lipinski definition) is 5. The SMILES string of the molecule is Cc1cccc(-c2nnc(-c3cc(C(=O)O)nn3-c3ccccc3C(C)C)s2)c1. The van der Waals surface area contributed by atoms with Crippen molar-refractivity contribution in [3.8, 4) is 27.0 Å². The van der Waals surface area contributed by atoms with Gasteiger partial charge in [-0.1, -0.05) is 67.1 Å². The van der Waals surface area contributed by atoms with Crippen molar-refractivity contribution in [1.29, 1.82) is 0 Å². The Kier molecular flexibility index (Phi) is 4.98. The van der Waals surface area contributed by atoms with Crippen LogP contribution in [-0.4, -0.2) is 31.1 Å². The molecular weight excluding hydrogens is 384 g/mol. The molecule has 0 amide bonds. The van der Waals surface area contributed by atoms with E-state index in [1.807, 2.05) is 49.4 Å². The Morgan fingerprint density at radius 3 is 2.52 bits per heavy atom. The van der Waals surface area contributed by atoms with E-state index in [1.165, 1.54) is 11.3 Å². The molecule has 6 nitrogen and oxygen atoms in total. The van der Waals surface area contributed by atoms with E-state index in [0.717, 1.165) is 27.4 Å². The molecule has 146 valence electrons. The summed E-state index contributed by atoms with van der Waals surface area (Å²) in [7, 11) is 0. The number of benzene rings is 2. The lowest BCUT2D eigenvalue weighted by Crippen LogP contribution is -2.06. The minimum atomic E-state index is -1.07. The van der Waals surface area contributed by atoms with E-state index in [-0.39, 0.29) is 11.6 Å². The molecule has 0 atom stereocenters. The second kappa shape index (κ2) is 7.60. The van der Waals surface area contributed by atoms with Crippen LogP contribution in [0.15, 0.2) is 54.6 Å². The summed E-state index contributed by atoms with van der Waals surface area (Å²) >= 11 is 1.42. The summed E-state index contributed by atoms with van der Waals surface area (Å²) in [6, 6.07) is 17.5. The van der Waals surface area contributed by atoms with E-state index in [0.29, 0.717) is 10.7 Å². The molecule has 4 rings (SSSR count). The highest BCUT2D eigenvalue weighted by atomic mass is 32.1. The first-order valence-electron chi connectivity index (χ1n) is 9.27. The monoisotopic (exact) mass is 404 g/mol. The van der Waals surface area contributed by atoms with Gasteiger partial charge in [-0.3, -0.25) is 0 Å². The molecule has 2 aromatic carbocycles. The van der Waals surface area contributed by atoms with Crippen LogP contribution in [0.25, 0.3) is 27.0 Å². The summed E-state index contributed by atoms with van der Waals surface area (Å²) in [6.07, 6.45) is 0. The number of carboxylic acids is 1. The molecule has 0 radical (unpaired) electrons. The highest BCUT2D eigenvalue weighted by Gasteiger charge is 2.21. The molecule has 7 heteroatoms. The first kappa shape index (κ1) is 19.0. The number of nitrogens with zero attached hydrogens (tertiary/aromatic N) is 4. The molecule has 0 bridgehead atoms. The van der Waals surface area contributed by atoms with E-state index < -0.39 is 5.97 Å². The first-order chi connectivity index (χ1) is 13.9. The van der Waals surface area contributed by atoms with Gasteiger partial charge >= 0.3 is 5.97 Å². The maximum atomic E-state index is 11.6. The lowest BCUT2D eigenvalue weighted by molar-refractivity contribution is 0.0690. The van der Waals surface area contributed by atoms with Crippen LogP contribution in [0.5, 0.6) is 0 Å². The third-order valence-electron chi connectivity index (χ3n) is 4.62. The molecular formula is C22H20N4O2S. The standard InChI is InChI=1S/C22H20N4O2S/c1-13(2)16-9-4-5-10-18(16)26-19(12-17(25-26)22(27)28)21-24-23-20(29-21)15-8-6-7-14(3)11-15/h4-13H,1-3H3,(H,27,28). The molecule has 0 spiro atoms. The topological polar surface area (TPSA) is 80.9 Å². The zero-order chi connectivity index (χ0) is 20.5. The fraction of sp³-hybridized carbons (Fsp3) is 0.182. The van der Waals surface area contributed by atoms with E-state index in [9.17, 15) is 9.90 Å². The Hall–Kier alpha value is -3.32. The van der Waals surface area contributed by atoms with Gasteiger partial charge in [0.1, 0.15) is 10.7 Å². The lowest BCUT2D eigenvalue weighted by Gasteiger charge is -2.14. The highest BCUT2D eigenvalue weighted by Crippen LogP contribution is 2.33. The average Bonchev–Trinajstić information content (AvgIpc) is 3.35. The minimum absolute atomic E-state index is 0.0223. The number of rotatable bonds is 5. The van der Waals surface area contributed by atoms with Gasteiger partial charge in [-0.15, -0.1) is 10.2 Å². The zero-order valence-corrected chi connectivity index (χ0v) is 17.1. The highest BCUT2D eigenvalue weighted by molar-refractivity contribution is 7.17. The Morgan fingerprint density at radius 1 is 1.03 bits per heavy atom. The molecule has 0 aliphatic heterocycles. The Labute approximate surface area is 172 Å². The smallest absolute Gasteiger partial charge is 0.356 e. The van der Waals surface area contributed by atoms with Crippen molar-refractivity contribution in [3.63, 3.8) is 0 Å².